The smallest absolute Gasteiger partial charge is 0.0639 e. The summed E-state index contributed by atoms with van der Waals surface area (Å²) in [6, 6.07) is 9.62. The maximum Gasteiger partial charge on any atom is 0.0639 e. The van der Waals surface area contributed by atoms with Crippen LogP contribution >= 0.6 is 11.6 Å². The van der Waals surface area contributed by atoms with E-state index in [-0.39, 0.29) is 0 Å². The Bertz CT molecular complexity index is 421. The Morgan fingerprint density at radius 1 is 1.28 bits per heavy atom. The average molecular weight is 265 g/mol. The van der Waals surface area contributed by atoms with Crippen molar-refractivity contribution >= 4 is 17.3 Å². The van der Waals surface area contributed by atoms with E-state index >= 15 is 0 Å². The molecule has 0 bridgehead atoms. The van der Waals surface area contributed by atoms with Crippen molar-refractivity contribution in [2.75, 3.05) is 24.5 Å². The molecular formula is C15H21ClN2. The molecule has 3 heteroatoms. The minimum Gasteiger partial charge on any atom is -0.364 e. The third-order valence-electron chi connectivity index (χ3n) is 4.43. The molecule has 3 rings (SSSR count). The molecule has 2 aliphatic heterocycles. The van der Waals surface area contributed by atoms with Gasteiger partial charge >= 0.3 is 0 Å². The summed E-state index contributed by atoms with van der Waals surface area (Å²) in [4.78, 5) is 5.20. The van der Waals surface area contributed by atoms with Crippen LogP contribution in [-0.4, -0.2) is 36.6 Å². The quantitative estimate of drug-likeness (QED) is 0.808. The summed E-state index contributed by atoms with van der Waals surface area (Å²) in [6.07, 6.45) is 3.89. The van der Waals surface area contributed by atoms with Gasteiger partial charge in [0.2, 0.25) is 0 Å². The third-order valence-corrected chi connectivity index (χ3v) is 4.75. The highest BCUT2D eigenvalue weighted by molar-refractivity contribution is 6.33. The Kier molecular flexibility index (Phi) is 3.49. The van der Waals surface area contributed by atoms with Gasteiger partial charge in [0.15, 0.2) is 0 Å². The van der Waals surface area contributed by atoms with Crippen molar-refractivity contribution in [1.82, 2.24) is 4.90 Å². The Morgan fingerprint density at radius 2 is 2.11 bits per heavy atom. The first kappa shape index (κ1) is 12.3. The summed E-state index contributed by atoms with van der Waals surface area (Å²) < 4.78 is 0. The zero-order valence-corrected chi connectivity index (χ0v) is 11.7. The maximum atomic E-state index is 6.37. The molecular weight excluding hydrogens is 244 g/mol. The predicted molar refractivity (Wildman–Crippen MR) is 77.5 cm³/mol. The lowest BCUT2D eigenvalue weighted by molar-refractivity contribution is 0.195. The van der Waals surface area contributed by atoms with Gasteiger partial charge in [-0.3, -0.25) is 4.90 Å². The molecule has 1 aromatic rings. The first-order chi connectivity index (χ1) is 8.79. The summed E-state index contributed by atoms with van der Waals surface area (Å²) >= 11 is 6.37. The SMILES string of the molecule is CCC1CN2CCCC2CN1c1ccccc1Cl. The van der Waals surface area contributed by atoms with Crippen molar-refractivity contribution in [3.8, 4) is 0 Å². The number of rotatable bonds is 2. The molecule has 2 heterocycles. The van der Waals surface area contributed by atoms with Crippen LogP contribution in [0.25, 0.3) is 0 Å². The Hall–Kier alpha value is -0.730. The highest BCUT2D eigenvalue weighted by atomic mass is 35.5. The molecule has 0 spiro atoms. The topological polar surface area (TPSA) is 6.48 Å². The first-order valence-electron chi connectivity index (χ1n) is 7.05. The number of para-hydroxylation sites is 1. The van der Waals surface area contributed by atoms with Gasteiger partial charge in [-0.15, -0.1) is 0 Å². The number of hydrogen-bond donors (Lipinski definition) is 0. The highest BCUT2D eigenvalue weighted by Crippen LogP contribution is 2.33. The maximum absolute atomic E-state index is 6.37. The average Bonchev–Trinajstić information content (AvgIpc) is 2.85. The van der Waals surface area contributed by atoms with Gasteiger partial charge in [0, 0.05) is 25.2 Å². The zero-order chi connectivity index (χ0) is 12.5. The van der Waals surface area contributed by atoms with Crippen LogP contribution in [0.15, 0.2) is 24.3 Å². The summed E-state index contributed by atoms with van der Waals surface area (Å²) in [5, 5.41) is 0.891. The monoisotopic (exact) mass is 264 g/mol. The molecule has 2 nitrogen and oxygen atoms in total. The summed E-state index contributed by atoms with van der Waals surface area (Å²) in [5.74, 6) is 0. The van der Waals surface area contributed by atoms with Crippen LogP contribution in [-0.2, 0) is 0 Å². The van der Waals surface area contributed by atoms with E-state index in [1.807, 2.05) is 12.1 Å². The molecule has 0 amide bonds. The van der Waals surface area contributed by atoms with E-state index < -0.39 is 0 Å². The first-order valence-corrected chi connectivity index (χ1v) is 7.42. The van der Waals surface area contributed by atoms with E-state index in [1.54, 1.807) is 0 Å². The molecule has 2 unspecified atom stereocenters. The van der Waals surface area contributed by atoms with Crippen molar-refractivity contribution in [2.45, 2.75) is 38.3 Å². The fraction of sp³-hybridized carbons (Fsp3) is 0.600. The molecule has 18 heavy (non-hydrogen) atoms. The van der Waals surface area contributed by atoms with Gasteiger partial charge < -0.3 is 4.90 Å². The van der Waals surface area contributed by atoms with Crippen molar-refractivity contribution in [3.63, 3.8) is 0 Å². The van der Waals surface area contributed by atoms with Gasteiger partial charge in [0.25, 0.3) is 0 Å². The molecule has 98 valence electrons. The van der Waals surface area contributed by atoms with Gasteiger partial charge in [-0.05, 0) is 37.9 Å². The molecule has 0 N–H and O–H groups in total. The second-order valence-electron chi connectivity index (χ2n) is 5.46. The second-order valence-corrected chi connectivity index (χ2v) is 5.86. The molecule has 2 atom stereocenters. The van der Waals surface area contributed by atoms with Crippen LogP contribution in [0, 0.1) is 0 Å². The number of fused-ring (bicyclic) bond motifs is 1. The fourth-order valence-electron chi connectivity index (χ4n) is 3.42. The molecule has 2 aliphatic rings. The van der Waals surface area contributed by atoms with Gasteiger partial charge in [0.05, 0.1) is 10.7 Å². The predicted octanol–water partition coefficient (Wildman–Crippen LogP) is 3.40. The van der Waals surface area contributed by atoms with Crippen LogP contribution in [0.4, 0.5) is 5.69 Å². The Balaban J connectivity index is 1.87. The van der Waals surface area contributed by atoms with Gasteiger partial charge in [-0.2, -0.15) is 0 Å². The van der Waals surface area contributed by atoms with Crippen molar-refractivity contribution < 1.29 is 0 Å². The minimum absolute atomic E-state index is 0.610. The second kappa shape index (κ2) is 5.10. The van der Waals surface area contributed by atoms with Gasteiger partial charge in [-0.25, -0.2) is 0 Å². The van der Waals surface area contributed by atoms with Crippen LogP contribution < -0.4 is 4.90 Å². The number of piperazine rings is 1. The van der Waals surface area contributed by atoms with E-state index in [2.05, 4.69) is 28.9 Å². The molecule has 0 saturated carbocycles. The van der Waals surface area contributed by atoms with Crippen LogP contribution in [0.5, 0.6) is 0 Å². The molecule has 2 saturated heterocycles. The highest BCUT2D eigenvalue weighted by Gasteiger charge is 2.35. The number of anilines is 1. The lowest BCUT2D eigenvalue weighted by Crippen LogP contribution is -2.56. The standard InChI is InChI=1S/C15H21ClN2/c1-2-12-10-17-9-5-6-13(17)11-18(12)15-8-4-3-7-14(15)16/h3-4,7-8,12-13H,2,5-6,9-11H2,1H3. The number of benzene rings is 1. The normalized spacial score (nSPS) is 28.4. The van der Waals surface area contributed by atoms with Gasteiger partial charge in [0.1, 0.15) is 0 Å². The Morgan fingerprint density at radius 3 is 2.89 bits per heavy atom. The molecule has 0 aromatic heterocycles. The fourth-order valence-corrected chi connectivity index (χ4v) is 3.66. The van der Waals surface area contributed by atoms with Crippen molar-refractivity contribution in [3.05, 3.63) is 29.3 Å². The molecule has 0 radical (unpaired) electrons. The van der Waals surface area contributed by atoms with E-state index in [0.29, 0.717) is 6.04 Å². The summed E-state index contributed by atoms with van der Waals surface area (Å²) in [6.45, 7) is 5.91. The zero-order valence-electron chi connectivity index (χ0n) is 11.0. The van der Waals surface area contributed by atoms with Crippen molar-refractivity contribution in [1.29, 1.82) is 0 Å². The van der Waals surface area contributed by atoms with E-state index in [0.717, 1.165) is 17.6 Å². The van der Waals surface area contributed by atoms with Crippen LogP contribution in [0.3, 0.4) is 0 Å². The van der Waals surface area contributed by atoms with E-state index in [9.17, 15) is 0 Å². The summed E-state index contributed by atoms with van der Waals surface area (Å²) in [7, 11) is 0. The Labute approximate surface area is 115 Å². The third kappa shape index (κ3) is 2.12. The molecule has 2 fully saturated rings. The largest absolute Gasteiger partial charge is 0.364 e. The number of hydrogen-bond acceptors (Lipinski definition) is 2. The minimum atomic E-state index is 0.610. The lowest BCUT2D eigenvalue weighted by Gasteiger charge is -2.45. The summed E-state index contributed by atoms with van der Waals surface area (Å²) in [5.41, 5.74) is 1.22. The van der Waals surface area contributed by atoms with E-state index in [4.69, 9.17) is 11.6 Å². The number of nitrogens with zero attached hydrogens (tertiary/aromatic N) is 2. The van der Waals surface area contributed by atoms with Crippen LogP contribution in [0.1, 0.15) is 26.2 Å². The molecule has 0 aliphatic carbocycles. The molecule has 1 aromatic carbocycles. The van der Waals surface area contributed by atoms with Crippen LogP contribution in [0.2, 0.25) is 5.02 Å². The van der Waals surface area contributed by atoms with Crippen molar-refractivity contribution in [2.24, 2.45) is 0 Å². The van der Waals surface area contributed by atoms with Gasteiger partial charge in [-0.1, -0.05) is 30.7 Å². The van der Waals surface area contributed by atoms with E-state index in [1.165, 1.54) is 38.0 Å². The lowest BCUT2D eigenvalue weighted by atomic mass is 10.0. The number of halogens is 1.